The number of nitrogens with one attached hydrogen (secondary N) is 1. The first-order valence-electron chi connectivity index (χ1n) is 7.10. The molecule has 0 saturated heterocycles. The molecule has 0 bridgehead atoms. The van der Waals surface area contributed by atoms with Crippen LogP contribution in [0.4, 0.5) is 0 Å². The minimum Gasteiger partial charge on any atom is -0.350 e. The highest BCUT2D eigenvalue weighted by Crippen LogP contribution is 2.24. The van der Waals surface area contributed by atoms with Gasteiger partial charge >= 0.3 is 0 Å². The third-order valence-corrected chi connectivity index (χ3v) is 4.03. The molecule has 2 atom stereocenters. The topological polar surface area (TPSA) is 72.4 Å². The van der Waals surface area contributed by atoms with Crippen molar-refractivity contribution in [1.82, 2.24) is 14.7 Å². The van der Waals surface area contributed by atoms with Crippen molar-refractivity contribution >= 4 is 11.6 Å². The fourth-order valence-electron chi connectivity index (χ4n) is 2.86. The van der Waals surface area contributed by atoms with E-state index in [1.807, 2.05) is 35.7 Å². The van der Waals surface area contributed by atoms with E-state index in [0.29, 0.717) is 6.54 Å². The minimum atomic E-state index is 0.0729. The molecule has 2 unspecified atom stereocenters. The van der Waals surface area contributed by atoms with Gasteiger partial charge in [-0.15, -0.1) is 0 Å². The number of aryl methyl sites for hydroxylation is 1. The lowest BCUT2D eigenvalue weighted by atomic mass is 10.1. The lowest BCUT2D eigenvalue weighted by Crippen LogP contribution is -2.30. The molecule has 20 heavy (non-hydrogen) atoms. The van der Waals surface area contributed by atoms with Gasteiger partial charge in [-0.3, -0.25) is 4.79 Å². The van der Waals surface area contributed by atoms with Gasteiger partial charge in [0.1, 0.15) is 5.65 Å². The van der Waals surface area contributed by atoms with Gasteiger partial charge in [-0.25, -0.2) is 4.98 Å². The van der Waals surface area contributed by atoms with Crippen LogP contribution in [-0.4, -0.2) is 21.3 Å². The lowest BCUT2D eigenvalue weighted by Gasteiger charge is -2.09. The summed E-state index contributed by atoms with van der Waals surface area (Å²) in [7, 11) is 0. The minimum absolute atomic E-state index is 0.0729. The van der Waals surface area contributed by atoms with Crippen LogP contribution in [0.2, 0.25) is 0 Å². The molecule has 0 aromatic carbocycles. The third kappa shape index (κ3) is 2.54. The first-order valence-corrected chi connectivity index (χ1v) is 7.10. The first-order chi connectivity index (χ1) is 9.63. The molecule has 3 rings (SSSR count). The van der Waals surface area contributed by atoms with Gasteiger partial charge in [0.05, 0.1) is 12.2 Å². The predicted octanol–water partition coefficient (Wildman–Crippen LogP) is 1.39. The fourth-order valence-corrected chi connectivity index (χ4v) is 2.86. The van der Waals surface area contributed by atoms with E-state index in [0.717, 1.165) is 36.3 Å². The average molecular weight is 272 g/mol. The molecule has 106 valence electrons. The average Bonchev–Trinajstić information content (AvgIpc) is 3.03. The van der Waals surface area contributed by atoms with Gasteiger partial charge in [0.25, 0.3) is 0 Å². The van der Waals surface area contributed by atoms with E-state index in [1.165, 1.54) is 0 Å². The summed E-state index contributed by atoms with van der Waals surface area (Å²) >= 11 is 0. The Bertz CT molecular complexity index is 634. The molecule has 5 heteroatoms. The fraction of sp³-hybridized carbons (Fsp3) is 0.467. The van der Waals surface area contributed by atoms with E-state index in [4.69, 9.17) is 5.73 Å². The van der Waals surface area contributed by atoms with Crippen LogP contribution in [0, 0.1) is 12.8 Å². The number of imidazole rings is 1. The van der Waals surface area contributed by atoms with E-state index in [2.05, 4.69) is 10.3 Å². The smallest absolute Gasteiger partial charge is 0.223 e. The first kappa shape index (κ1) is 13.1. The highest BCUT2D eigenvalue weighted by Gasteiger charge is 2.27. The zero-order valence-electron chi connectivity index (χ0n) is 11.7. The largest absolute Gasteiger partial charge is 0.350 e. The summed E-state index contributed by atoms with van der Waals surface area (Å²) in [6, 6.07) is 6.18. The van der Waals surface area contributed by atoms with E-state index >= 15 is 0 Å². The molecule has 2 heterocycles. The number of amides is 1. The molecular weight excluding hydrogens is 252 g/mol. The maximum Gasteiger partial charge on any atom is 0.223 e. The molecule has 1 saturated carbocycles. The number of aromatic nitrogens is 2. The van der Waals surface area contributed by atoms with Crippen LogP contribution in [0.5, 0.6) is 0 Å². The van der Waals surface area contributed by atoms with Gasteiger partial charge < -0.3 is 15.5 Å². The quantitative estimate of drug-likeness (QED) is 0.886. The van der Waals surface area contributed by atoms with Gasteiger partial charge in [0.15, 0.2) is 0 Å². The molecule has 1 amide bonds. The Hall–Kier alpha value is -1.88. The van der Waals surface area contributed by atoms with Crippen molar-refractivity contribution in [2.45, 2.75) is 38.8 Å². The van der Waals surface area contributed by atoms with Crippen LogP contribution < -0.4 is 11.1 Å². The summed E-state index contributed by atoms with van der Waals surface area (Å²) in [5, 5.41) is 2.97. The van der Waals surface area contributed by atoms with Gasteiger partial charge in [-0.05, 0) is 38.3 Å². The van der Waals surface area contributed by atoms with Crippen molar-refractivity contribution in [2.75, 3.05) is 0 Å². The Balaban J connectivity index is 1.65. The van der Waals surface area contributed by atoms with Crippen LogP contribution >= 0.6 is 0 Å². The number of carbonyl (C=O) groups excluding carboxylic acids is 1. The summed E-state index contributed by atoms with van der Waals surface area (Å²) in [6.07, 6.45) is 4.63. The molecule has 5 nitrogen and oxygen atoms in total. The molecule has 1 aliphatic carbocycles. The summed E-state index contributed by atoms with van der Waals surface area (Å²) in [5.41, 5.74) is 8.77. The van der Waals surface area contributed by atoms with Gasteiger partial charge in [0, 0.05) is 23.9 Å². The number of carbonyl (C=O) groups is 1. The Labute approximate surface area is 118 Å². The molecule has 0 aliphatic heterocycles. The molecule has 1 aliphatic rings. The van der Waals surface area contributed by atoms with Crippen molar-refractivity contribution in [3.63, 3.8) is 0 Å². The van der Waals surface area contributed by atoms with E-state index < -0.39 is 0 Å². The lowest BCUT2D eigenvalue weighted by molar-refractivity contribution is -0.125. The molecule has 2 aromatic rings. The van der Waals surface area contributed by atoms with Crippen molar-refractivity contribution in [3.05, 3.63) is 35.8 Å². The van der Waals surface area contributed by atoms with Gasteiger partial charge in [0.2, 0.25) is 5.91 Å². The normalized spacial score (nSPS) is 22.3. The Kier molecular flexibility index (Phi) is 3.44. The third-order valence-electron chi connectivity index (χ3n) is 4.03. The molecular formula is C15H20N4O. The number of rotatable bonds is 3. The molecule has 3 N–H and O–H groups in total. The zero-order chi connectivity index (χ0) is 14.1. The number of nitrogens with two attached hydrogens (primary N) is 1. The van der Waals surface area contributed by atoms with Crippen LogP contribution in [0.3, 0.4) is 0 Å². The number of hydrogen-bond acceptors (Lipinski definition) is 3. The predicted molar refractivity (Wildman–Crippen MR) is 77.1 cm³/mol. The van der Waals surface area contributed by atoms with Crippen molar-refractivity contribution < 1.29 is 4.79 Å². The van der Waals surface area contributed by atoms with Crippen LogP contribution in [-0.2, 0) is 11.3 Å². The second-order valence-electron chi connectivity index (χ2n) is 5.62. The van der Waals surface area contributed by atoms with Crippen LogP contribution in [0.15, 0.2) is 24.4 Å². The summed E-state index contributed by atoms with van der Waals surface area (Å²) in [6.45, 7) is 2.52. The Morgan fingerprint density at radius 3 is 3.05 bits per heavy atom. The van der Waals surface area contributed by atoms with E-state index in [-0.39, 0.29) is 17.9 Å². The highest BCUT2D eigenvalue weighted by atomic mass is 16.1. The standard InChI is InChI=1S/C15H20N4O/c1-10-3-2-4-14-18-13(9-19(10)14)8-17-15(20)11-5-6-12(16)7-11/h2-4,9,11-12H,5-8,16H2,1H3,(H,17,20). The monoisotopic (exact) mass is 272 g/mol. The van der Waals surface area contributed by atoms with Gasteiger partial charge in [-0.2, -0.15) is 0 Å². The SMILES string of the molecule is Cc1cccc2nc(CNC(=O)C3CCC(N)C3)cn12. The van der Waals surface area contributed by atoms with E-state index in [1.54, 1.807) is 0 Å². The van der Waals surface area contributed by atoms with Crippen molar-refractivity contribution in [2.24, 2.45) is 11.7 Å². The molecule has 1 fully saturated rings. The van der Waals surface area contributed by atoms with Crippen LogP contribution in [0.1, 0.15) is 30.7 Å². The van der Waals surface area contributed by atoms with Crippen molar-refractivity contribution in [1.29, 1.82) is 0 Å². The molecule has 0 spiro atoms. The number of fused-ring (bicyclic) bond motifs is 1. The molecule has 2 aromatic heterocycles. The Morgan fingerprint density at radius 2 is 2.35 bits per heavy atom. The highest BCUT2D eigenvalue weighted by molar-refractivity contribution is 5.78. The number of hydrogen-bond donors (Lipinski definition) is 2. The van der Waals surface area contributed by atoms with Crippen molar-refractivity contribution in [3.8, 4) is 0 Å². The summed E-state index contributed by atoms with van der Waals surface area (Å²) in [5.74, 6) is 0.176. The second-order valence-corrected chi connectivity index (χ2v) is 5.62. The summed E-state index contributed by atoms with van der Waals surface area (Å²) < 4.78 is 2.03. The second kappa shape index (κ2) is 5.25. The zero-order valence-corrected chi connectivity index (χ0v) is 11.7. The maximum absolute atomic E-state index is 12.0. The Morgan fingerprint density at radius 1 is 1.50 bits per heavy atom. The van der Waals surface area contributed by atoms with Gasteiger partial charge in [-0.1, -0.05) is 6.07 Å². The van der Waals surface area contributed by atoms with E-state index in [9.17, 15) is 4.79 Å². The van der Waals surface area contributed by atoms with Crippen LogP contribution in [0.25, 0.3) is 5.65 Å². The maximum atomic E-state index is 12.0. The summed E-state index contributed by atoms with van der Waals surface area (Å²) in [4.78, 5) is 16.6. The number of pyridine rings is 1. The molecule has 0 radical (unpaired) electrons. The number of nitrogens with zero attached hydrogens (tertiary/aromatic N) is 2.